The van der Waals surface area contributed by atoms with Crippen molar-refractivity contribution < 1.29 is 23.4 Å². The Balaban J connectivity index is 1.76. The van der Waals surface area contributed by atoms with E-state index in [0.717, 1.165) is 36.4 Å². The van der Waals surface area contributed by atoms with Crippen molar-refractivity contribution in [2.45, 2.75) is 51.0 Å². The molecule has 0 aliphatic heterocycles. The van der Waals surface area contributed by atoms with Gasteiger partial charge < -0.3 is 19.1 Å². The van der Waals surface area contributed by atoms with E-state index in [1.165, 1.54) is 18.7 Å². The average molecular weight is 472 g/mol. The van der Waals surface area contributed by atoms with Crippen LogP contribution in [0.15, 0.2) is 42.5 Å². The maximum absolute atomic E-state index is 13.9. The van der Waals surface area contributed by atoms with Gasteiger partial charge in [-0.1, -0.05) is 32.0 Å². The van der Waals surface area contributed by atoms with Crippen LogP contribution >= 0.6 is 0 Å². The zero-order chi connectivity index (χ0) is 24.7. The van der Waals surface area contributed by atoms with E-state index in [1.807, 2.05) is 18.2 Å². The molecule has 1 aliphatic carbocycles. The van der Waals surface area contributed by atoms with E-state index < -0.39 is 5.60 Å². The molecule has 0 radical (unpaired) electrons. The summed E-state index contributed by atoms with van der Waals surface area (Å²) in [5.74, 6) is 0.509. The lowest BCUT2D eigenvalue weighted by Crippen LogP contribution is -2.49. The molecule has 0 fully saturated rings. The van der Waals surface area contributed by atoms with E-state index in [4.69, 9.17) is 14.2 Å². The third-order valence-corrected chi connectivity index (χ3v) is 6.93. The van der Waals surface area contributed by atoms with Crippen molar-refractivity contribution >= 4 is 5.97 Å². The maximum Gasteiger partial charge on any atom is 0.332 e. The fourth-order valence-corrected chi connectivity index (χ4v) is 5.27. The van der Waals surface area contributed by atoms with Gasteiger partial charge in [0, 0.05) is 32.5 Å². The Kier molecular flexibility index (Phi) is 9.09. The molecule has 5 nitrogen and oxygen atoms in total. The van der Waals surface area contributed by atoms with Gasteiger partial charge >= 0.3 is 5.97 Å². The Labute approximate surface area is 203 Å². The summed E-state index contributed by atoms with van der Waals surface area (Å²) >= 11 is 0. The maximum atomic E-state index is 13.9. The first-order chi connectivity index (χ1) is 16.3. The number of likely N-dealkylation sites (N-methyl/N-ethyl adjacent to an activating group) is 1. The predicted octanol–water partition coefficient (Wildman–Crippen LogP) is 5.01. The fourth-order valence-electron chi connectivity index (χ4n) is 5.27. The van der Waals surface area contributed by atoms with Crippen molar-refractivity contribution in [3.63, 3.8) is 0 Å². The number of aryl methyl sites for hydroxylation is 1. The zero-order valence-electron chi connectivity index (χ0n) is 21.1. The van der Waals surface area contributed by atoms with Crippen LogP contribution in [-0.4, -0.2) is 57.4 Å². The van der Waals surface area contributed by atoms with Gasteiger partial charge in [-0.15, -0.1) is 0 Å². The molecule has 0 unspecified atom stereocenters. The van der Waals surface area contributed by atoms with Crippen molar-refractivity contribution in [1.29, 1.82) is 0 Å². The number of ether oxygens (including phenoxy) is 3. The molecule has 0 saturated heterocycles. The Morgan fingerprint density at radius 1 is 1.15 bits per heavy atom. The Hall–Kier alpha value is -2.44. The highest BCUT2D eigenvalue weighted by molar-refractivity contribution is 5.71. The minimum atomic E-state index is -0.650. The Bertz CT molecular complexity index is 946. The number of hydrogen-bond acceptors (Lipinski definition) is 5. The SMILES string of the molecule is COCC(=O)O[C@@]1(CCN(C)CCc2ccc(OC)cc2)CCc2cc(F)ccc2[C@H]1C(C)C. The van der Waals surface area contributed by atoms with E-state index in [2.05, 4.69) is 37.9 Å². The molecule has 2 aromatic rings. The van der Waals surface area contributed by atoms with Gasteiger partial charge in [-0.05, 0) is 73.2 Å². The Morgan fingerprint density at radius 2 is 1.88 bits per heavy atom. The van der Waals surface area contributed by atoms with Crippen molar-refractivity contribution in [3.8, 4) is 5.75 Å². The van der Waals surface area contributed by atoms with Crippen LogP contribution in [0.3, 0.4) is 0 Å². The number of rotatable bonds is 11. The lowest BCUT2D eigenvalue weighted by Gasteiger charge is -2.47. The second-order valence-corrected chi connectivity index (χ2v) is 9.69. The third-order valence-electron chi connectivity index (χ3n) is 6.93. The monoisotopic (exact) mass is 471 g/mol. The molecule has 0 aromatic heterocycles. The van der Waals surface area contributed by atoms with Crippen molar-refractivity contribution in [1.82, 2.24) is 4.90 Å². The number of carbonyl (C=O) groups excluding carboxylic acids is 1. The fraction of sp³-hybridized carbons (Fsp3) is 0.536. The number of fused-ring (bicyclic) bond motifs is 1. The van der Waals surface area contributed by atoms with Gasteiger partial charge in [0.1, 0.15) is 23.8 Å². The summed E-state index contributed by atoms with van der Waals surface area (Å²) in [7, 11) is 5.27. The van der Waals surface area contributed by atoms with Crippen LogP contribution in [0.2, 0.25) is 0 Å². The molecule has 0 heterocycles. The van der Waals surface area contributed by atoms with Crippen LogP contribution < -0.4 is 4.74 Å². The lowest BCUT2D eigenvalue weighted by molar-refractivity contribution is -0.172. The van der Waals surface area contributed by atoms with Gasteiger partial charge in [-0.25, -0.2) is 9.18 Å². The van der Waals surface area contributed by atoms with Crippen molar-refractivity contribution in [2.24, 2.45) is 5.92 Å². The summed E-state index contributed by atoms with van der Waals surface area (Å²) in [6.45, 7) is 5.90. The van der Waals surface area contributed by atoms with Crippen LogP contribution in [0.4, 0.5) is 4.39 Å². The number of esters is 1. The molecule has 3 rings (SSSR count). The molecule has 0 N–H and O–H groups in total. The van der Waals surface area contributed by atoms with Crippen LogP contribution in [0, 0.1) is 11.7 Å². The van der Waals surface area contributed by atoms with E-state index in [1.54, 1.807) is 13.2 Å². The molecular weight excluding hydrogens is 433 g/mol. The molecule has 34 heavy (non-hydrogen) atoms. The first-order valence-corrected chi connectivity index (χ1v) is 12.1. The molecule has 0 bridgehead atoms. The van der Waals surface area contributed by atoms with E-state index in [0.29, 0.717) is 19.3 Å². The summed E-state index contributed by atoms with van der Waals surface area (Å²) < 4.78 is 30.4. The van der Waals surface area contributed by atoms with Crippen LogP contribution in [0.25, 0.3) is 0 Å². The normalized spacial score (nSPS) is 19.8. The van der Waals surface area contributed by atoms with Crippen LogP contribution in [0.1, 0.15) is 49.3 Å². The third kappa shape index (κ3) is 6.36. The van der Waals surface area contributed by atoms with Gasteiger partial charge in [0.2, 0.25) is 0 Å². The predicted molar refractivity (Wildman–Crippen MR) is 132 cm³/mol. The number of nitrogens with zero attached hydrogens (tertiary/aromatic N) is 1. The zero-order valence-corrected chi connectivity index (χ0v) is 21.1. The second kappa shape index (κ2) is 11.8. The summed E-state index contributed by atoms with van der Waals surface area (Å²) in [5.41, 5.74) is 2.71. The first-order valence-electron chi connectivity index (χ1n) is 12.1. The first kappa shape index (κ1) is 26.2. The molecule has 2 atom stereocenters. The minimum Gasteiger partial charge on any atom is -0.497 e. The molecule has 2 aromatic carbocycles. The molecule has 1 aliphatic rings. The lowest BCUT2D eigenvalue weighted by atomic mass is 9.65. The molecular formula is C28H38FNO4. The molecule has 0 spiro atoms. The highest BCUT2D eigenvalue weighted by atomic mass is 19.1. The second-order valence-electron chi connectivity index (χ2n) is 9.69. The van der Waals surface area contributed by atoms with Gasteiger partial charge in [0.15, 0.2) is 0 Å². The van der Waals surface area contributed by atoms with E-state index >= 15 is 0 Å². The number of methoxy groups -OCH3 is 2. The molecule has 6 heteroatoms. The van der Waals surface area contributed by atoms with Crippen molar-refractivity contribution in [3.05, 3.63) is 65.0 Å². The smallest absolute Gasteiger partial charge is 0.332 e. The van der Waals surface area contributed by atoms with E-state index in [9.17, 15) is 9.18 Å². The highest BCUT2D eigenvalue weighted by Gasteiger charge is 2.47. The minimum absolute atomic E-state index is 0.00681. The van der Waals surface area contributed by atoms with Gasteiger partial charge in [-0.2, -0.15) is 0 Å². The van der Waals surface area contributed by atoms with E-state index in [-0.39, 0.29) is 30.2 Å². The standard InChI is InChI=1S/C28H38FNO4/c1-20(2)27-25-11-8-23(29)18-22(25)12-14-28(27,34-26(31)19-32-4)15-17-30(3)16-13-21-6-9-24(33-5)10-7-21/h6-11,18,20,27H,12-17,19H2,1-5H3/t27-,28-/m1/s1. The topological polar surface area (TPSA) is 48.0 Å². The number of carbonyl (C=O) groups is 1. The molecule has 0 amide bonds. The van der Waals surface area contributed by atoms with Crippen LogP contribution in [0.5, 0.6) is 5.75 Å². The highest BCUT2D eigenvalue weighted by Crippen LogP contribution is 2.48. The van der Waals surface area contributed by atoms with Gasteiger partial charge in [-0.3, -0.25) is 0 Å². The molecule has 186 valence electrons. The number of benzene rings is 2. The summed E-state index contributed by atoms with van der Waals surface area (Å²) in [6.07, 6.45) is 2.99. The van der Waals surface area contributed by atoms with Crippen LogP contribution in [-0.2, 0) is 27.1 Å². The molecule has 0 saturated carbocycles. The summed E-state index contributed by atoms with van der Waals surface area (Å²) in [4.78, 5) is 14.9. The average Bonchev–Trinajstić information content (AvgIpc) is 2.81. The summed E-state index contributed by atoms with van der Waals surface area (Å²) in [6, 6.07) is 13.2. The quantitative estimate of drug-likeness (QED) is 0.431. The Morgan fingerprint density at radius 3 is 2.53 bits per heavy atom. The number of halogens is 1. The van der Waals surface area contributed by atoms with Crippen molar-refractivity contribution in [2.75, 3.05) is 41.0 Å². The van der Waals surface area contributed by atoms with Gasteiger partial charge in [0.05, 0.1) is 7.11 Å². The largest absolute Gasteiger partial charge is 0.497 e. The van der Waals surface area contributed by atoms with Gasteiger partial charge in [0.25, 0.3) is 0 Å². The number of hydrogen-bond donors (Lipinski definition) is 0. The summed E-state index contributed by atoms with van der Waals surface area (Å²) in [5, 5.41) is 0.